The molecular weight excluding hydrogens is 371 g/mol. The smallest absolute Gasteiger partial charge is 0.244 e. The molecule has 0 aliphatic carbocycles. The molecule has 1 unspecified atom stereocenters. The Labute approximate surface area is 168 Å². The van der Waals surface area contributed by atoms with Crippen molar-refractivity contribution in [1.82, 2.24) is 20.0 Å². The molecular formula is C19H28Cl2N4O. The van der Waals surface area contributed by atoms with Gasteiger partial charge in [-0.3, -0.25) is 9.48 Å². The first kappa shape index (κ1) is 22.5. The largest absolute Gasteiger partial charge is 0.331 e. The van der Waals surface area contributed by atoms with Gasteiger partial charge in [0.2, 0.25) is 5.91 Å². The lowest BCUT2D eigenvalue weighted by molar-refractivity contribution is -0.135. The number of aryl methyl sites for hydroxylation is 3. The first-order valence-corrected chi connectivity index (χ1v) is 8.68. The SMILES string of the molecule is CCc1ccc(C2CNCCN2C(=O)Cn2nc(C)cc2C)cc1.Cl.Cl. The van der Waals surface area contributed by atoms with Crippen molar-refractivity contribution in [2.75, 3.05) is 19.6 Å². The van der Waals surface area contributed by atoms with Crippen LogP contribution in [0.25, 0.3) is 0 Å². The fourth-order valence-electron chi connectivity index (χ4n) is 3.33. The molecule has 0 radical (unpaired) electrons. The van der Waals surface area contributed by atoms with Crippen LogP contribution >= 0.6 is 24.8 Å². The zero-order valence-corrected chi connectivity index (χ0v) is 17.2. The normalized spacial score (nSPS) is 16.6. The molecule has 1 aliphatic heterocycles. The molecule has 1 aliphatic rings. The molecule has 2 aromatic rings. The highest BCUT2D eigenvalue weighted by Gasteiger charge is 2.28. The highest BCUT2D eigenvalue weighted by atomic mass is 35.5. The van der Waals surface area contributed by atoms with Crippen LogP contribution in [0.1, 0.15) is 35.5 Å². The number of rotatable bonds is 4. The Morgan fingerprint density at radius 3 is 2.50 bits per heavy atom. The summed E-state index contributed by atoms with van der Waals surface area (Å²) in [5.74, 6) is 0.132. The standard InChI is InChI=1S/C19H26N4O.2ClH/c1-4-16-5-7-17(8-6-16)18-12-20-9-10-22(18)19(24)13-23-15(3)11-14(2)21-23;;/h5-8,11,18,20H,4,9-10,12-13H2,1-3H3;2*1H. The van der Waals surface area contributed by atoms with Crippen molar-refractivity contribution in [3.05, 3.63) is 52.8 Å². The van der Waals surface area contributed by atoms with E-state index in [4.69, 9.17) is 0 Å². The highest BCUT2D eigenvalue weighted by molar-refractivity contribution is 5.85. The summed E-state index contributed by atoms with van der Waals surface area (Å²) in [7, 11) is 0. The lowest BCUT2D eigenvalue weighted by atomic mass is 10.0. The number of nitrogens with zero attached hydrogens (tertiary/aromatic N) is 3. The quantitative estimate of drug-likeness (QED) is 0.860. The lowest BCUT2D eigenvalue weighted by Crippen LogP contribution is -2.49. The molecule has 7 heteroatoms. The first-order valence-electron chi connectivity index (χ1n) is 8.68. The summed E-state index contributed by atoms with van der Waals surface area (Å²) >= 11 is 0. The van der Waals surface area contributed by atoms with Gasteiger partial charge >= 0.3 is 0 Å². The van der Waals surface area contributed by atoms with E-state index in [9.17, 15) is 4.79 Å². The van der Waals surface area contributed by atoms with Crippen molar-refractivity contribution in [2.24, 2.45) is 0 Å². The molecule has 144 valence electrons. The van der Waals surface area contributed by atoms with Gasteiger partial charge in [0.15, 0.2) is 0 Å². The van der Waals surface area contributed by atoms with Crippen molar-refractivity contribution < 1.29 is 4.79 Å². The van der Waals surface area contributed by atoms with Crippen molar-refractivity contribution in [3.8, 4) is 0 Å². The van der Waals surface area contributed by atoms with E-state index in [1.807, 2.05) is 24.8 Å². The van der Waals surface area contributed by atoms with Gasteiger partial charge in [0, 0.05) is 25.3 Å². The molecule has 0 spiro atoms. The molecule has 1 N–H and O–H groups in total. The minimum Gasteiger partial charge on any atom is -0.331 e. The second-order valence-corrected chi connectivity index (χ2v) is 6.49. The number of amides is 1. The molecule has 2 heterocycles. The van der Waals surface area contributed by atoms with E-state index in [-0.39, 0.29) is 36.8 Å². The van der Waals surface area contributed by atoms with E-state index in [2.05, 4.69) is 41.6 Å². The maximum Gasteiger partial charge on any atom is 0.244 e. The van der Waals surface area contributed by atoms with Gasteiger partial charge < -0.3 is 10.2 Å². The van der Waals surface area contributed by atoms with Crippen LogP contribution in [0, 0.1) is 13.8 Å². The molecule has 0 bridgehead atoms. The highest BCUT2D eigenvalue weighted by Crippen LogP contribution is 2.23. The van der Waals surface area contributed by atoms with Gasteiger partial charge in [0.25, 0.3) is 0 Å². The van der Waals surface area contributed by atoms with Crippen molar-refractivity contribution >= 4 is 30.7 Å². The fourth-order valence-corrected chi connectivity index (χ4v) is 3.33. The molecule has 1 fully saturated rings. The van der Waals surface area contributed by atoms with Crippen LogP contribution in [0.3, 0.4) is 0 Å². The molecule has 1 saturated heterocycles. The number of halogens is 2. The van der Waals surface area contributed by atoms with E-state index in [1.165, 1.54) is 11.1 Å². The number of piperazine rings is 1. The Hall–Kier alpha value is -1.56. The van der Waals surface area contributed by atoms with Crippen LogP contribution in [-0.4, -0.2) is 40.2 Å². The van der Waals surface area contributed by atoms with Crippen LogP contribution < -0.4 is 5.32 Å². The van der Waals surface area contributed by atoms with E-state index >= 15 is 0 Å². The Bertz CT molecular complexity index is 715. The maximum atomic E-state index is 12.9. The van der Waals surface area contributed by atoms with E-state index in [0.29, 0.717) is 6.54 Å². The Kier molecular flexibility index (Phi) is 8.60. The molecule has 1 amide bonds. The van der Waals surface area contributed by atoms with Crippen molar-refractivity contribution in [3.63, 3.8) is 0 Å². The van der Waals surface area contributed by atoms with Crippen molar-refractivity contribution in [1.29, 1.82) is 0 Å². The molecule has 26 heavy (non-hydrogen) atoms. The molecule has 3 rings (SSSR count). The summed E-state index contributed by atoms with van der Waals surface area (Å²) in [6.07, 6.45) is 1.03. The van der Waals surface area contributed by atoms with Crippen LogP contribution in [0.15, 0.2) is 30.3 Å². The van der Waals surface area contributed by atoms with E-state index < -0.39 is 0 Å². The minimum atomic E-state index is 0. The van der Waals surface area contributed by atoms with Crippen LogP contribution in [0.5, 0.6) is 0 Å². The van der Waals surface area contributed by atoms with Gasteiger partial charge in [-0.2, -0.15) is 5.10 Å². The van der Waals surface area contributed by atoms with Gasteiger partial charge in [0.1, 0.15) is 6.54 Å². The number of nitrogens with one attached hydrogen (secondary N) is 1. The number of hydrogen-bond acceptors (Lipinski definition) is 3. The third-order valence-corrected chi connectivity index (χ3v) is 4.72. The maximum absolute atomic E-state index is 12.9. The summed E-state index contributed by atoms with van der Waals surface area (Å²) in [5, 5.41) is 7.83. The second-order valence-electron chi connectivity index (χ2n) is 6.49. The number of benzene rings is 1. The third-order valence-electron chi connectivity index (χ3n) is 4.72. The molecule has 1 atom stereocenters. The summed E-state index contributed by atoms with van der Waals surface area (Å²) < 4.78 is 1.80. The predicted octanol–water partition coefficient (Wildman–Crippen LogP) is 3.08. The molecule has 1 aromatic carbocycles. The number of aromatic nitrogens is 2. The number of hydrogen-bond donors (Lipinski definition) is 1. The number of carbonyl (C=O) groups is 1. The Balaban J connectivity index is 0.00000169. The molecule has 1 aromatic heterocycles. The van der Waals surface area contributed by atoms with Crippen LogP contribution in [0.2, 0.25) is 0 Å². The zero-order valence-electron chi connectivity index (χ0n) is 15.6. The van der Waals surface area contributed by atoms with E-state index in [0.717, 1.165) is 37.4 Å². The first-order chi connectivity index (χ1) is 11.6. The van der Waals surface area contributed by atoms with Gasteiger partial charge in [-0.1, -0.05) is 31.2 Å². The van der Waals surface area contributed by atoms with E-state index in [1.54, 1.807) is 4.68 Å². The lowest BCUT2D eigenvalue weighted by Gasteiger charge is -2.36. The summed E-state index contributed by atoms with van der Waals surface area (Å²) in [5.41, 5.74) is 4.50. The Morgan fingerprint density at radius 1 is 1.23 bits per heavy atom. The monoisotopic (exact) mass is 398 g/mol. The average Bonchev–Trinajstić information content (AvgIpc) is 2.92. The molecule has 0 saturated carbocycles. The zero-order chi connectivity index (χ0) is 17.1. The third kappa shape index (κ3) is 5.00. The molecule has 5 nitrogen and oxygen atoms in total. The Morgan fingerprint density at radius 2 is 1.92 bits per heavy atom. The summed E-state index contributed by atoms with van der Waals surface area (Å²) in [6.45, 7) is 8.78. The van der Waals surface area contributed by atoms with Crippen LogP contribution in [0.4, 0.5) is 0 Å². The van der Waals surface area contributed by atoms with Gasteiger partial charge in [0.05, 0.1) is 11.7 Å². The minimum absolute atomic E-state index is 0. The predicted molar refractivity (Wildman–Crippen MR) is 109 cm³/mol. The van der Waals surface area contributed by atoms with Crippen LogP contribution in [-0.2, 0) is 17.8 Å². The van der Waals surface area contributed by atoms with Gasteiger partial charge in [-0.25, -0.2) is 0 Å². The van der Waals surface area contributed by atoms with Crippen molar-refractivity contribution in [2.45, 2.75) is 39.8 Å². The summed E-state index contributed by atoms with van der Waals surface area (Å²) in [6, 6.07) is 10.7. The fraction of sp³-hybridized carbons (Fsp3) is 0.474. The average molecular weight is 399 g/mol. The summed E-state index contributed by atoms with van der Waals surface area (Å²) in [4.78, 5) is 14.9. The second kappa shape index (κ2) is 9.95. The van der Waals surface area contributed by atoms with Gasteiger partial charge in [-0.15, -0.1) is 24.8 Å². The number of carbonyl (C=O) groups excluding carboxylic acids is 1. The van der Waals surface area contributed by atoms with Gasteiger partial charge in [-0.05, 0) is 37.5 Å². The topological polar surface area (TPSA) is 50.2 Å².